The molecule has 0 heterocycles. The van der Waals surface area contributed by atoms with Crippen LogP contribution in [-0.4, -0.2) is 70.1 Å². The zero-order valence-electron chi connectivity index (χ0n) is 34.7. The van der Waals surface area contributed by atoms with Gasteiger partial charge in [0.25, 0.3) is 0 Å². The molecule has 0 spiro atoms. The first-order chi connectivity index (χ1) is 26.2. The predicted molar refractivity (Wildman–Crippen MR) is 193 cm³/mol. The van der Waals surface area contributed by atoms with Crippen molar-refractivity contribution in [1.82, 2.24) is 0 Å². The van der Waals surface area contributed by atoms with Crippen molar-refractivity contribution < 1.29 is 99.7 Å². The number of ketones is 8. The Bertz CT molecular complexity index is 1060. The smallest absolute Gasteiger partial charge is 0.549 e. The van der Waals surface area contributed by atoms with Gasteiger partial charge >= 0.3 is 21.7 Å². The Morgan fingerprint density at radius 3 is 0.404 bits per heavy atom. The number of carbonyl (C=O) groups excluding carboxylic acids is 12. The van der Waals surface area contributed by atoms with Crippen LogP contribution >= 0.6 is 0 Å². The molecule has 0 amide bonds. The Hall–Kier alpha value is -4.05. The fraction of sp³-hybridized carbons (Fsp3) is 0.700. The van der Waals surface area contributed by atoms with E-state index in [9.17, 15) is 78.0 Å². The van der Waals surface area contributed by atoms with Crippen molar-refractivity contribution >= 4 is 70.1 Å². The van der Waals surface area contributed by atoms with E-state index < -0.39 is 93.8 Å². The summed E-state index contributed by atoms with van der Waals surface area (Å²) >= 11 is 0. The van der Waals surface area contributed by atoms with Gasteiger partial charge in [0.15, 0.2) is 0 Å². The first kappa shape index (κ1) is 62.2. The maximum atomic E-state index is 11.3. The molecule has 0 N–H and O–H groups in total. The van der Waals surface area contributed by atoms with Crippen LogP contribution < -0.4 is 20.4 Å². The van der Waals surface area contributed by atoms with Crippen LogP contribution in [0, 0.1) is 23.7 Å². The number of Topliss-reactive ketones (excluding diaryl/α,β-unsaturated/α-hetero) is 8. The topological polar surface area (TPSA) is 297 Å². The molecule has 0 aliphatic rings. The van der Waals surface area contributed by atoms with Crippen LogP contribution in [0.2, 0.25) is 0 Å². The molecule has 17 heteroatoms. The van der Waals surface area contributed by atoms with Gasteiger partial charge in [0, 0.05) is 51.4 Å². The third-order valence-corrected chi connectivity index (χ3v) is 7.49. The summed E-state index contributed by atoms with van der Waals surface area (Å²) in [4.78, 5) is 132. The molecule has 0 aliphatic carbocycles. The van der Waals surface area contributed by atoms with Crippen LogP contribution in [0.4, 0.5) is 0 Å². The van der Waals surface area contributed by atoms with Gasteiger partial charge in [-0.1, -0.05) is 55.4 Å². The maximum Gasteiger partial charge on any atom is 4.00 e. The van der Waals surface area contributed by atoms with Crippen molar-refractivity contribution in [2.75, 3.05) is 0 Å². The van der Waals surface area contributed by atoms with E-state index in [2.05, 4.69) is 0 Å². The summed E-state index contributed by atoms with van der Waals surface area (Å²) in [6.45, 7) is 14.1. The molecule has 0 aromatic carbocycles. The van der Waals surface area contributed by atoms with Crippen molar-refractivity contribution in [1.29, 1.82) is 0 Å². The van der Waals surface area contributed by atoms with Gasteiger partial charge in [-0.15, -0.1) is 0 Å². The molecule has 0 radical (unpaired) electrons. The second-order valence-electron chi connectivity index (χ2n) is 12.7. The van der Waals surface area contributed by atoms with Gasteiger partial charge in [-0.2, -0.15) is 0 Å². The van der Waals surface area contributed by atoms with Gasteiger partial charge in [-0.05, 0) is 51.4 Å². The van der Waals surface area contributed by atoms with Crippen LogP contribution in [0.1, 0.15) is 158 Å². The first-order valence-electron chi connectivity index (χ1n) is 19.2. The Kier molecular flexibility index (Phi) is 40.9. The molecule has 0 aliphatic heterocycles. The summed E-state index contributed by atoms with van der Waals surface area (Å²) in [5.74, 6) is -16.7. The monoisotopic (exact) mass is 844 g/mol. The van der Waals surface area contributed by atoms with Crippen molar-refractivity contribution in [2.45, 2.75) is 158 Å². The Labute approximate surface area is 350 Å². The Balaban J connectivity index is -0.000000210. The van der Waals surface area contributed by atoms with E-state index in [-0.39, 0.29) is 73.1 Å². The van der Waals surface area contributed by atoms with Gasteiger partial charge in [-0.3, -0.25) is 38.4 Å². The summed E-state index contributed by atoms with van der Waals surface area (Å²) < 4.78 is 0. The van der Waals surface area contributed by atoms with E-state index >= 15 is 0 Å². The summed E-state index contributed by atoms with van der Waals surface area (Å²) in [5.41, 5.74) is 0. The average Bonchev–Trinajstić information content (AvgIpc) is 3.06. The first-order valence-corrected chi connectivity index (χ1v) is 19.2. The summed E-state index contributed by atoms with van der Waals surface area (Å²) in [5, 5.41) is 42.3. The summed E-state index contributed by atoms with van der Waals surface area (Å²) in [6.07, 6.45) is 5.30. The second-order valence-corrected chi connectivity index (χ2v) is 12.7. The fourth-order valence-corrected chi connectivity index (χ4v) is 4.90. The third-order valence-electron chi connectivity index (χ3n) is 7.49. The van der Waals surface area contributed by atoms with E-state index in [1.807, 2.05) is 0 Å². The van der Waals surface area contributed by atoms with Crippen molar-refractivity contribution in [3.05, 3.63) is 0 Å². The zero-order valence-corrected chi connectivity index (χ0v) is 36.2. The van der Waals surface area contributed by atoms with Gasteiger partial charge in [-0.25, -0.2) is 0 Å². The van der Waals surface area contributed by atoms with Crippen LogP contribution in [0.3, 0.4) is 0 Å². The normalized spacial score (nSPS) is 10.0. The molecular weight excluding hydrogens is 784 g/mol. The molecule has 0 bridgehead atoms. The molecule has 320 valence electrons. The van der Waals surface area contributed by atoms with Gasteiger partial charge < -0.3 is 39.6 Å². The molecule has 0 atom stereocenters. The molecule has 0 saturated carbocycles. The van der Waals surface area contributed by atoms with Crippen LogP contribution in [-0.2, 0) is 79.3 Å². The van der Waals surface area contributed by atoms with Crippen molar-refractivity contribution in [3.8, 4) is 0 Å². The van der Waals surface area contributed by atoms with E-state index in [1.54, 1.807) is 55.4 Å². The minimum Gasteiger partial charge on any atom is -0.549 e. The Morgan fingerprint density at radius 1 is 0.263 bits per heavy atom. The minimum atomic E-state index is -1.57. The molecular formula is C40H60O16Ti. The van der Waals surface area contributed by atoms with E-state index in [0.717, 1.165) is 0 Å². The van der Waals surface area contributed by atoms with Crippen molar-refractivity contribution in [2.24, 2.45) is 23.7 Å². The fourth-order valence-electron chi connectivity index (χ4n) is 4.90. The molecule has 0 aromatic rings. The third kappa shape index (κ3) is 28.1. The predicted octanol–water partition coefficient (Wildman–Crippen LogP) is 0.361. The molecule has 57 heavy (non-hydrogen) atoms. The largest absolute Gasteiger partial charge is 4.00 e. The number of hydrogen-bond acceptors (Lipinski definition) is 16. The van der Waals surface area contributed by atoms with Gasteiger partial charge in [0.05, 0.1) is 23.9 Å². The molecule has 0 fully saturated rings. The Morgan fingerprint density at radius 2 is 0.351 bits per heavy atom. The maximum absolute atomic E-state index is 11.3. The van der Waals surface area contributed by atoms with E-state index in [0.29, 0.717) is 51.4 Å². The quantitative estimate of drug-likeness (QED) is 0.0758. The summed E-state index contributed by atoms with van der Waals surface area (Å²) in [6, 6.07) is 0. The molecule has 16 nitrogen and oxygen atoms in total. The molecule has 0 saturated heterocycles. The number of hydrogen-bond donors (Lipinski definition) is 0. The van der Waals surface area contributed by atoms with Gasteiger partial charge in [0.1, 0.15) is 69.9 Å². The second kappa shape index (κ2) is 37.5. The van der Waals surface area contributed by atoms with Crippen LogP contribution in [0.5, 0.6) is 0 Å². The summed E-state index contributed by atoms with van der Waals surface area (Å²) in [7, 11) is 0. The number of carbonyl (C=O) groups is 12. The SMILES string of the molecule is CCCC(=O)C(C(=O)[O-])C(=O)CCC.CCCC(=O)C(C(=O)[O-])C(=O)CCC.CCCC(=O)C(C(=O)[O-])C(=O)CCC.CCCC(=O)C(C(=O)[O-])C(=O)CCC.[Ti+4]. The molecule has 0 unspecified atom stereocenters. The average molecular weight is 845 g/mol. The van der Waals surface area contributed by atoms with Crippen molar-refractivity contribution in [3.63, 3.8) is 0 Å². The number of rotatable bonds is 28. The van der Waals surface area contributed by atoms with Crippen LogP contribution in [0.15, 0.2) is 0 Å². The van der Waals surface area contributed by atoms with Gasteiger partial charge in [0.2, 0.25) is 0 Å². The van der Waals surface area contributed by atoms with E-state index in [1.165, 1.54) is 0 Å². The number of carboxylic acids is 4. The standard InChI is InChI=1S/4C10H16O4.Ti/c4*1-3-5-7(11)9(10(13)14)8(12)6-4-2;/h4*9H,3-6H2,1-2H3,(H,13,14);/q;;;;+4/p-4. The minimum absolute atomic E-state index is 0. The molecule has 0 aromatic heterocycles. The number of aliphatic carboxylic acids is 4. The zero-order chi connectivity index (χ0) is 44.6. The van der Waals surface area contributed by atoms with E-state index in [4.69, 9.17) is 0 Å². The molecule has 0 rings (SSSR count). The number of carboxylic acid groups (broad SMARTS) is 4. The van der Waals surface area contributed by atoms with Crippen LogP contribution in [0.25, 0.3) is 0 Å².